The van der Waals surface area contributed by atoms with E-state index < -0.39 is 17.7 Å². The van der Waals surface area contributed by atoms with Gasteiger partial charge in [-0.1, -0.05) is 17.7 Å². The lowest BCUT2D eigenvalue weighted by Crippen LogP contribution is -2.42. The first-order chi connectivity index (χ1) is 11.8. The normalized spacial score (nSPS) is 10.0. The largest absolute Gasteiger partial charge is 0.495 e. The van der Waals surface area contributed by atoms with E-state index in [9.17, 15) is 14.4 Å². The average Bonchev–Trinajstić information content (AvgIpc) is 2.54. The minimum atomic E-state index is -1.04. The predicted molar refractivity (Wildman–Crippen MR) is 95.7 cm³/mol. The molecule has 25 heavy (non-hydrogen) atoms. The van der Waals surface area contributed by atoms with Crippen LogP contribution in [0.2, 0.25) is 5.02 Å². The summed E-state index contributed by atoms with van der Waals surface area (Å²) in [5, 5.41) is 2.67. The van der Waals surface area contributed by atoms with E-state index in [0.717, 1.165) is 4.90 Å². The summed E-state index contributed by atoms with van der Waals surface area (Å²) in [5.74, 6) is -2.21. The number of ether oxygens (including phenoxy) is 1. The number of methoxy groups -OCH3 is 1. The molecular formula is C17H16ClN3O4. The maximum absolute atomic E-state index is 12.4. The van der Waals surface area contributed by atoms with E-state index in [-0.39, 0.29) is 10.7 Å². The Morgan fingerprint density at radius 2 is 1.88 bits per heavy atom. The summed E-state index contributed by atoms with van der Waals surface area (Å²) in [6, 6.07) is 10.6. The van der Waals surface area contributed by atoms with Crippen molar-refractivity contribution in [2.24, 2.45) is 0 Å². The van der Waals surface area contributed by atoms with Crippen molar-refractivity contribution >= 4 is 46.4 Å². The number of hydrogen-bond donors (Lipinski definition) is 2. The number of benzene rings is 2. The van der Waals surface area contributed by atoms with Crippen molar-refractivity contribution < 1.29 is 19.1 Å². The smallest absolute Gasteiger partial charge is 0.323 e. The molecule has 0 aromatic heterocycles. The number of imide groups is 1. The van der Waals surface area contributed by atoms with Gasteiger partial charge >= 0.3 is 11.8 Å². The zero-order valence-corrected chi connectivity index (χ0v) is 14.3. The van der Waals surface area contributed by atoms with Gasteiger partial charge in [0.1, 0.15) is 5.75 Å². The highest BCUT2D eigenvalue weighted by Gasteiger charge is 2.27. The maximum atomic E-state index is 12.4. The number of nitrogen functional groups attached to an aromatic ring is 1. The lowest BCUT2D eigenvalue weighted by Gasteiger charge is -2.19. The number of hydrogen-bond acceptors (Lipinski definition) is 5. The summed E-state index contributed by atoms with van der Waals surface area (Å²) in [6.45, 7) is 1.18. The van der Waals surface area contributed by atoms with Gasteiger partial charge in [0, 0.05) is 18.3 Å². The third kappa shape index (κ3) is 4.27. The number of carbonyl (C=O) groups excluding carboxylic acids is 3. The monoisotopic (exact) mass is 361 g/mol. The third-order valence-electron chi connectivity index (χ3n) is 3.25. The summed E-state index contributed by atoms with van der Waals surface area (Å²) >= 11 is 5.98. The molecule has 0 bridgehead atoms. The maximum Gasteiger partial charge on any atom is 0.323 e. The lowest BCUT2D eigenvalue weighted by molar-refractivity contribution is -0.136. The Balaban J connectivity index is 2.23. The Labute approximate surface area is 149 Å². The molecule has 3 amide bonds. The standard InChI is InChI=1S/C17H16ClN3O4/c1-10(22)21(13-5-3-4-11(19)8-13)17(24)16(23)20-12-6-7-15(25-2)14(18)9-12/h3-9H,19H2,1-2H3,(H,20,23). The van der Waals surface area contributed by atoms with Gasteiger partial charge in [0.05, 0.1) is 17.8 Å². The Morgan fingerprint density at radius 3 is 2.44 bits per heavy atom. The van der Waals surface area contributed by atoms with Crippen LogP contribution in [0.15, 0.2) is 42.5 Å². The molecule has 8 heteroatoms. The van der Waals surface area contributed by atoms with Crippen molar-refractivity contribution in [2.75, 3.05) is 23.1 Å². The molecule has 0 saturated carbocycles. The molecule has 0 radical (unpaired) electrons. The second-order valence-corrected chi connectivity index (χ2v) is 5.47. The molecule has 130 valence electrons. The fourth-order valence-electron chi connectivity index (χ4n) is 2.14. The Hall–Kier alpha value is -3.06. The van der Waals surface area contributed by atoms with E-state index in [1.54, 1.807) is 18.2 Å². The van der Waals surface area contributed by atoms with Gasteiger partial charge in [-0.3, -0.25) is 14.4 Å². The zero-order valence-electron chi connectivity index (χ0n) is 13.6. The number of rotatable bonds is 3. The number of nitrogens with one attached hydrogen (secondary N) is 1. The molecular weight excluding hydrogens is 346 g/mol. The van der Waals surface area contributed by atoms with Gasteiger partial charge in [-0.25, -0.2) is 4.90 Å². The predicted octanol–water partition coefficient (Wildman–Crippen LogP) is 2.45. The van der Waals surface area contributed by atoms with Crippen LogP contribution in [0.3, 0.4) is 0 Å². The van der Waals surface area contributed by atoms with Gasteiger partial charge in [0.2, 0.25) is 5.91 Å². The van der Waals surface area contributed by atoms with Gasteiger partial charge in [0.25, 0.3) is 0 Å². The minimum Gasteiger partial charge on any atom is -0.495 e. The van der Waals surface area contributed by atoms with Crippen molar-refractivity contribution in [3.05, 3.63) is 47.5 Å². The zero-order chi connectivity index (χ0) is 18.6. The first kappa shape index (κ1) is 18.3. The number of anilines is 3. The van der Waals surface area contributed by atoms with Gasteiger partial charge in [0.15, 0.2) is 0 Å². The second kappa shape index (κ2) is 7.67. The molecule has 2 aromatic rings. The fraction of sp³-hybridized carbons (Fsp3) is 0.118. The van der Waals surface area contributed by atoms with Gasteiger partial charge < -0.3 is 15.8 Å². The quantitative estimate of drug-likeness (QED) is 0.645. The van der Waals surface area contributed by atoms with E-state index in [0.29, 0.717) is 17.1 Å². The number of amides is 3. The van der Waals surface area contributed by atoms with E-state index in [2.05, 4.69) is 5.32 Å². The number of carbonyl (C=O) groups is 3. The molecule has 0 spiro atoms. The second-order valence-electron chi connectivity index (χ2n) is 5.06. The fourth-order valence-corrected chi connectivity index (χ4v) is 2.39. The first-order valence-electron chi connectivity index (χ1n) is 7.18. The molecule has 0 unspecified atom stereocenters. The summed E-state index contributed by atoms with van der Waals surface area (Å²) in [5.41, 5.74) is 6.52. The van der Waals surface area contributed by atoms with E-state index >= 15 is 0 Å². The molecule has 0 saturated heterocycles. The van der Waals surface area contributed by atoms with Crippen LogP contribution in [0.5, 0.6) is 5.75 Å². The number of halogens is 1. The Kier molecular flexibility index (Phi) is 5.61. The van der Waals surface area contributed by atoms with Crippen LogP contribution in [-0.2, 0) is 14.4 Å². The first-order valence-corrected chi connectivity index (χ1v) is 7.56. The van der Waals surface area contributed by atoms with E-state index in [1.807, 2.05) is 0 Å². The molecule has 3 N–H and O–H groups in total. The Morgan fingerprint density at radius 1 is 1.16 bits per heavy atom. The molecule has 0 aliphatic heterocycles. The molecule has 2 aromatic carbocycles. The van der Waals surface area contributed by atoms with Crippen LogP contribution in [0.1, 0.15) is 6.92 Å². The number of nitrogens with zero attached hydrogens (tertiary/aromatic N) is 1. The van der Waals surface area contributed by atoms with E-state index in [1.165, 1.54) is 38.3 Å². The molecule has 2 rings (SSSR count). The lowest BCUT2D eigenvalue weighted by atomic mass is 10.2. The molecule has 0 atom stereocenters. The third-order valence-corrected chi connectivity index (χ3v) is 3.55. The molecule has 0 aliphatic rings. The van der Waals surface area contributed by atoms with Crippen LogP contribution >= 0.6 is 11.6 Å². The van der Waals surface area contributed by atoms with Crippen molar-refractivity contribution in [3.63, 3.8) is 0 Å². The summed E-state index contributed by atoms with van der Waals surface area (Å²) in [4.78, 5) is 37.2. The van der Waals surface area contributed by atoms with Crippen molar-refractivity contribution in [2.45, 2.75) is 6.92 Å². The Bertz CT molecular complexity index is 838. The highest BCUT2D eigenvalue weighted by molar-refractivity contribution is 6.48. The highest BCUT2D eigenvalue weighted by Crippen LogP contribution is 2.27. The van der Waals surface area contributed by atoms with Gasteiger partial charge in [-0.2, -0.15) is 0 Å². The molecule has 7 nitrogen and oxygen atoms in total. The van der Waals surface area contributed by atoms with Crippen LogP contribution in [0, 0.1) is 0 Å². The SMILES string of the molecule is COc1ccc(NC(=O)C(=O)N(C(C)=O)c2cccc(N)c2)cc1Cl. The van der Waals surface area contributed by atoms with Crippen molar-refractivity contribution in [1.29, 1.82) is 0 Å². The molecule has 0 fully saturated rings. The summed E-state index contributed by atoms with van der Waals surface area (Å²) in [6.07, 6.45) is 0. The van der Waals surface area contributed by atoms with Gasteiger partial charge in [-0.15, -0.1) is 0 Å². The van der Waals surface area contributed by atoms with Crippen molar-refractivity contribution in [1.82, 2.24) is 0 Å². The minimum absolute atomic E-state index is 0.209. The number of nitrogens with two attached hydrogens (primary N) is 1. The van der Waals surface area contributed by atoms with Crippen LogP contribution in [0.4, 0.5) is 17.1 Å². The average molecular weight is 362 g/mol. The van der Waals surface area contributed by atoms with Crippen molar-refractivity contribution in [3.8, 4) is 5.75 Å². The summed E-state index contributed by atoms with van der Waals surface area (Å²) in [7, 11) is 1.46. The highest BCUT2D eigenvalue weighted by atomic mass is 35.5. The van der Waals surface area contributed by atoms with E-state index in [4.69, 9.17) is 22.1 Å². The van der Waals surface area contributed by atoms with Gasteiger partial charge in [-0.05, 0) is 36.4 Å². The summed E-state index contributed by atoms with van der Waals surface area (Å²) < 4.78 is 5.01. The van der Waals surface area contributed by atoms with Crippen LogP contribution in [0.25, 0.3) is 0 Å². The van der Waals surface area contributed by atoms with Crippen LogP contribution < -0.4 is 20.7 Å². The topological polar surface area (TPSA) is 102 Å². The molecule has 0 heterocycles. The van der Waals surface area contributed by atoms with Crippen LogP contribution in [-0.4, -0.2) is 24.8 Å². The molecule has 0 aliphatic carbocycles.